The first-order valence-corrected chi connectivity index (χ1v) is 20.3. The molecule has 0 heterocycles. The van der Waals surface area contributed by atoms with Crippen molar-refractivity contribution in [3.05, 3.63) is 79.6 Å². The van der Waals surface area contributed by atoms with Crippen LogP contribution in [0.5, 0.6) is 0 Å². The number of halogens is 10. The van der Waals surface area contributed by atoms with Gasteiger partial charge < -0.3 is 14.5 Å². The van der Waals surface area contributed by atoms with Crippen LogP contribution >= 0.6 is 182 Å². The number of carbonyl (C=O) groups is 6. The molecule has 9 nitrogen and oxygen atoms in total. The molecule has 0 unspecified atom stereocenters. The number of benzene rings is 3. The van der Waals surface area contributed by atoms with Crippen molar-refractivity contribution < 1.29 is 33.5 Å². The molecular formula is C28H14Cl4I6N2O7. The third-order valence-electron chi connectivity index (χ3n) is 6.41. The number of nitrogens with zero attached hydrogens (tertiary/aromatic N) is 2. The van der Waals surface area contributed by atoms with Gasteiger partial charge in [-0.15, -0.1) is 0 Å². The highest BCUT2D eigenvalue weighted by molar-refractivity contribution is 14.1. The number of hydrogen-bond acceptors (Lipinski definition) is 7. The van der Waals surface area contributed by atoms with Gasteiger partial charge in [-0.05, 0) is 188 Å². The molecule has 0 atom stereocenters. The van der Waals surface area contributed by atoms with Gasteiger partial charge in [-0.25, -0.2) is 0 Å². The van der Waals surface area contributed by atoms with Crippen molar-refractivity contribution in [2.75, 3.05) is 23.9 Å². The highest BCUT2D eigenvalue weighted by Crippen LogP contribution is 2.41. The monoisotopic (exact) mass is 1390 g/mol. The summed E-state index contributed by atoms with van der Waals surface area (Å²) in [6.45, 7) is -0.167. The first kappa shape index (κ1) is 42.2. The van der Waals surface area contributed by atoms with Gasteiger partial charge in [-0.1, -0.05) is 30.3 Å². The minimum atomic E-state index is -1.82. The van der Waals surface area contributed by atoms with E-state index in [1.807, 2.05) is 90.4 Å². The lowest BCUT2D eigenvalue weighted by molar-refractivity contribution is -0.142. The third kappa shape index (κ3) is 9.06. The number of likely N-dealkylation sites (N-methyl/N-ethyl adjacent to an activating group) is 2. The number of hydrogen-bond donors (Lipinski definition) is 0. The zero-order valence-corrected chi connectivity index (χ0v) is 39.2. The first-order chi connectivity index (χ1) is 21.9. The maximum atomic E-state index is 14.3. The highest BCUT2D eigenvalue weighted by atomic mass is 127. The van der Waals surface area contributed by atoms with Crippen LogP contribution in [0.4, 0.5) is 11.4 Å². The summed E-state index contributed by atoms with van der Waals surface area (Å²) in [5.41, 5.74) is 0.658. The predicted octanol–water partition coefficient (Wildman–Crippen LogP) is 9.04. The van der Waals surface area contributed by atoms with Crippen LogP contribution in [0.15, 0.2) is 30.3 Å². The van der Waals surface area contributed by atoms with Crippen LogP contribution in [0.3, 0.4) is 0 Å². The Balaban J connectivity index is 2.26. The third-order valence-corrected chi connectivity index (χ3v) is 13.5. The molecule has 0 bridgehead atoms. The maximum Gasteiger partial charge on any atom is 0.265 e. The Morgan fingerprint density at radius 1 is 0.574 bits per heavy atom. The maximum absolute atomic E-state index is 14.3. The summed E-state index contributed by atoms with van der Waals surface area (Å²) in [6.07, 6.45) is -1.82. The van der Waals surface area contributed by atoms with Crippen LogP contribution in [0, 0.1) is 21.4 Å². The molecule has 0 radical (unpaired) electrons. The fraction of sp³-hybridized carbons (Fsp3) is 0.143. The number of ether oxygens (including phenoxy) is 1. The van der Waals surface area contributed by atoms with E-state index in [0.717, 1.165) is 9.80 Å². The Kier molecular flexibility index (Phi) is 16.2. The largest absolute Gasteiger partial charge is 0.354 e. The Morgan fingerprint density at radius 3 is 1.15 bits per heavy atom. The van der Waals surface area contributed by atoms with Crippen LogP contribution in [0.25, 0.3) is 0 Å². The summed E-state index contributed by atoms with van der Waals surface area (Å²) in [5, 5.41) is -3.55. The van der Waals surface area contributed by atoms with E-state index >= 15 is 0 Å². The van der Waals surface area contributed by atoms with E-state index in [9.17, 15) is 28.8 Å². The van der Waals surface area contributed by atoms with Crippen molar-refractivity contribution in [3.8, 4) is 0 Å². The van der Waals surface area contributed by atoms with Crippen molar-refractivity contribution >= 4 is 226 Å². The number of rotatable bonds is 11. The average Bonchev–Trinajstić information content (AvgIpc) is 2.96. The number of anilines is 2. The lowest BCUT2D eigenvalue weighted by Gasteiger charge is -2.30. The van der Waals surface area contributed by atoms with Gasteiger partial charge in [0.25, 0.3) is 32.8 Å². The second kappa shape index (κ2) is 18.0. The van der Waals surface area contributed by atoms with Gasteiger partial charge in [-0.2, -0.15) is 0 Å². The van der Waals surface area contributed by atoms with Crippen molar-refractivity contribution in [2.24, 2.45) is 0 Å². The van der Waals surface area contributed by atoms with Crippen LogP contribution in [-0.4, -0.2) is 53.0 Å². The summed E-state index contributed by atoms with van der Waals surface area (Å²) >= 11 is 34.4. The van der Waals surface area contributed by atoms with Gasteiger partial charge in [0, 0.05) is 21.2 Å². The van der Waals surface area contributed by atoms with E-state index in [0.29, 0.717) is 5.56 Å². The predicted molar refractivity (Wildman–Crippen MR) is 232 cm³/mol. The first-order valence-electron chi connectivity index (χ1n) is 12.3. The smallest absolute Gasteiger partial charge is 0.265 e. The topological polar surface area (TPSA) is 118 Å². The minimum Gasteiger partial charge on any atom is -0.354 e. The van der Waals surface area contributed by atoms with Crippen LogP contribution < -0.4 is 9.80 Å². The normalized spacial score (nSPS) is 11.0. The number of amides is 2. The highest BCUT2D eigenvalue weighted by Gasteiger charge is 2.39. The molecule has 0 aliphatic rings. The quantitative estimate of drug-likeness (QED) is 0.107. The summed E-state index contributed by atoms with van der Waals surface area (Å²) in [7, 11) is 2.69. The Bertz CT molecular complexity index is 1670. The molecule has 0 saturated heterocycles. The molecule has 19 heteroatoms. The van der Waals surface area contributed by atoms with Crippen molar-refractivity contribution in [2.45, 2.75) is 12.7 Å². The van der Waals surface area contributed by atoms with Crippen LogP contribution in [0.1, 0.15) is 47.0 Å². The van der Waals surface area contributed by atoms with Gasteiger partial charge in [0.05, 0.1) is 54.5 Å². The van der Waals surface area contributed by atoms with E-state index < -0.39 is 38.9 Å². The fourth-order valence-corrected chi connectivity index (χ4v) is 15.9. The summed E-state index contributed by atoms with van der Waals surface area (Å²) in [6, 6.07) is 8.78. The van der Waals surface area contributed by atoms with Crippen molar-refractivity contribution in [1.29, 1.82) is 0 Å². The zero-order chi connectivity index (χ0) is 35.7. The van der Waals surface area contributed by atoms with Crippen LogP contribution in [0.2, 0.25) is 0 Å². The molecular weight excluding hydrogens is 1380 g/mol. The number of carbonyl (C=O) groups excluding carboxylic acids is 6. The van der Waals surface area contributed by atoms with Crippen LogP contribution in [-0.2, 0) is 20.9 Å². The van der Waals surface area contributed by atoms with Gasteiger partial charge in [-0.3, -0.25) is 28.8 Å². The zero-order valence-electron chi connectivity index (χ0n) is 23.2. The van der Waals surface area contributed by atoms with Gasteiger partial charge in [0.1, 0.15) is 0 Å². The SMILES string of the molecule is CN(C(=O)C(OCc1ccccc1)C(=O)N(C)c1c(I)c(C(=O)Cl)c(I)c(C(=O)Cl)c1I)c1c(I)c(C(=O)Cl)c(I)c(C(=O)Cl)c1I. The van der Waals surface area contributed by atoms with E-state index in [2.05, 4.69) is 0 Å². The van der Waals surface area contributed by atoms with E-state index in [1.165, 1.54) is 14.1 Å². The molecule has 3 rings (SSSR count). The van der Waals surface area contributed by atoms with E-state index in [4.69, 9.17) is 51.1 Å². The molecule has 248 valence electrons. The molecule has 0 aliphatic carbocycles. The Hall–Kier alpha value is 0.780. The molecule has 0 aromatic heterocycles. The molecule has 0 fully saturated rings. The lowest BCUT2D eigenvalue weighted by atomic mass is 10.1. The van der Waals surface area contributed by atoms with Crippen molar-refractivity contribution in [3.63, 3.8) is 0 Å². The second-order valence-corrected chi connectivity index (χ2v) is 17.0. The molecule has 3 aromatic carbocycles. The lowest BCUT2D eigenvalue weighted by Crippen LogP contribution is -2.49. The van der Waals surface area contributed by atoms with Crippen molar-refractivity contribution in [1.82, 2.24) is 0 Å². The average molecular weight is 1390 g/mol. The summed E-state index contributed by atoms with van der Waals surface area (Å²) in [4.78, 5) is 80.6. The molecule has 0 N–H and O–H groups in total. The summed E-state index contributed by atoms with van der Waals surface area (Å²) in [5.74, 6) is -1.76. The standard InChI is InChI=1S/C28H14Cl4I6N2O7/c1-39(20-16(35)10(23(29)41)14(33)11(17(20)36)24(30)42)27(45)22(47-8-9-6-4-3-5-7-9)28(46)40(2)21-18(37)12(25(31)43)15(34)13(19(21)38)26(32)44/h3-7,22H,8H2,1-2H3. The van der Waals surface area contributed by atoms with Gasteiger partial charge >= 0.3 is 0 Å². The van der Waals surface area contributed by atoms with Gasteiger partial charge in [0.2, 0.25) is 6.10 Å². The molecule has 0 aliphatic heterocycles. The summed E-state index contributed by atoms with van der Waals surface area (Å²) < 4.78 is 7.31. The Labute approximate surface area is 370 Å². The fourth-order valence-electron chi connectivity index (χ4n) is 4.16. The molecule has 0 saturated carbocycles. The molecule has 2 amide bonds. The van der Waals surface area contributed by atoms with Gasteiger partial charge in [0.15, 0.2) is 0 Å². The molecule has 47 heavy (non-hydrogen) atoms. The molecule has 3 aromatic rings. The Morgan fingerprint density at radius 2 is 0.872 bits per heavy atom. The van der Waals surface area contributed by atoms with E-state index in [1.54, 1.807) is 75.5 Å². The molecule has 0 spiro atoms. The van der Waals surface area contributed by atoms with E-state index in [-0.39, 0.29) is 61.7 Å². The minimum absolute atomic E-state index is 0.0448. The second-order valence-electron chi connectivity index (χ2n) is 9.15.